The number of allylic oxidation sites excluding steroid dienone is 4. The van der Waals surface area contributed by atoms with Crippen molar-refractivity contribution in [1.29, 1.82) is 0 Å². The SMILES string of the molecule is COc1ccc(C)cc1N/N=C1/C=CC(=O)c2nc(N(C)c3ccc4c(n3)C(=O)C=C/C4=N/Nc3cc(C)ccc3OC)ccc21. The fourth-order valence-corrected chi connectivity index (χ4v) is 5.08. The average molecular weight is 614 g/mol. The molecule has 0 aliphatic heterocycles. The number of pyridine rings is 2. The van der Waals surface area contributed by atoms with Crippen LogP contribution in [-0.2, 0) is 0 Å². The predicted octanol–water partition coefficient (Wildman–Crippen LogP) is 6.02. The quantitative estimate of drug-likeness (QED) is 0.229. The van der Waals surface area contributed by atoms with E-state index in [1.54, 1.807) is 62.6 Å². The molecule has 2 aromatic carbocycles. The van der Waals surface area contributed by atoms with Gasteiger partial charge in [-0.05, 0) is 97.8 Å². The number of nitrogens with zero attached hydrogens (tertiary/aromatic N) is 5. The van der Waals surface area contributed by atoms with Gasteiger partial charge in [-0.2, -0.15) is 10.2 Å². The second kappa shape index (κ2) is 12.5. The van der Waals surface area contributed by atoms with Crippen molar-refractivity contribution in [2.24, 2.45) is 10.2 Å². The summed E-state index contributed by atoms with van der Waals surface area (Å²) in [6, 6.07) is 18.6. The number of carbonyl (C=O) groups excluding carboxylic acids is 2. The van der Waals surface area contributed by atoms with Crippen molar-refractivity contribution in [2.45, 2.75) is 13.8 Å². The van der Waals surface area contributed by atoms with Gasteiger partial charge in [0, 0.05) is 18.2 Å². The highest BCUT2D eigenvalue weighted by molar-refractivity contribution is 6.24. The average Bonchev–Trinajstić information content (AvgIpc) is 3.07. The number of ketones is 2. The zero-order valence-electron chi connectivity index (χ0n) is 26.0. The summed E-state index contributed by atoms with van der Waals surface area (Å²) in [4.78, 5) is 36.8. The molecule has 0 spiro atoms. The maximum Gasteiger partial charge on any atom is 0.205 e. The lowest BCUT2D eigenvalue weighted by molar-refractivity contribution is 0.103. The molecule has 0 saturated carbocycles. The highest BCUT2D eigenvalue weighted by atomic mass is 16.5. The molecule has 2 heterocycles. The number of rotatable bonds is 8. The fraction of sp³-hybridized carbons (Fsp3) is 0.143. The summed E-state index contributed by atoms with van der Waals surface area (Å²) in [7, 11) is 4.96. The molecule has 230 valence electrons. The van der Waals surface area contributed by atoms with E-state index in [-0.39, 0.29) is 23.0 Å². The summed E-state index contributed by atoms with van der Waals surface area (Å²) in [5.41, 5.74) is 12.4. The molecular formula is C35H31N7O4. The predicted molar refractivity (Wildman–Crippen MR) is 179 cm³/mol. The first-order chi connectivity index (χ1) is 22.2. The molecule has 11 heteroatoms. The number of ether oxygens (including phenoxy) is 2. The van der Waals surface area contributed by atoms with Crippen molar-refractivity contribution in [3.05, 3.63) is 119 Å². The van der Waals surface area contributed by atoms with Crippen LogP contribution in [0.4, 0.5) is 23.0 Å². The Kier molecular flexibility index (Phi) is 8.13. The Labute approximate surface area is 266 Å². The fourth-order valence-electron chi connectivity index (χ4n) is 5.08. The molecule has 6 rings (SSSR count). The summed E-state index contributed by atoms with van der Waals surface area (Å²) in [5.74, 6) is 1.76. The van der Waals surface area contributed by atoms with E-state index >= 15 is 0 Å². The number of aryl methyl sites for hydroxylation is 2. The molecule has 0 bridgehead atoms. The van der Waals surface area contributed by atoms with Crippen LogP contribution in [0, 0.1) is 13.8 Å². The van der Waals surface area contributed by atoms with Crippen LogP contribution >= 0.6 is 0 Å². The van der Waals surface area contributed by atoms with E-state index in [9.17, 15) is 9.59 Å². The third-order valence-electron chi connectivity index (χ3n) is 7.56. The van der Waals surface area contributed by atoms with Gasteiger partial charge in [0.25, 0.3) is 0 Å². The first kappa shape index (κ1) is 29.9. The largest absolute Gasteiger partial charge is 0.495 e. The van der Waals surface area contributed by atoms with Crippen LogP contribution in [0.15, 0.2) is 95.2 Å². The lowest BCUT2D eigenvalue weighted by atomic mass is 9.99. The van der Waals surface area contributed by atoms with Gasteiger partial charge in [0.2, 0.25) is 11.6 Å². The van der Waals surface area contributed by atoms with Crippen molar-refractivity contribution < 1.29 is 19.1 Å². The number of anilines is 4. The van der Waals surface area contributed by atoms with Gasteiger partial charge >= 0.3 is 0 Å². The van der Waals surface area contributed by atoms with Gasteiger partial charge in [0.05, 0.1) is 37.0 Å². The molecule has 0 radical (unpaired) electrons. The highest BCUT2D eigenvalue weighted by Crippen LogP contribution is 2.29. The molecule has 2 aromatic heterocycles. The third-order valence-corrected chi connectivity index (χ3v) is 7.56. The van der Waals surface area contributed by atoms with Crippen molar-refractivity contribution in [3.8, 4) is 11.5 Å². The minimum atomic E-state index is -0.241. The van der Waals surface area contributed by atoms with Gasteiger partial charge in [0.1, 0.15) is 34.5 Å². The van der Waals surface area contributed by atoms with E-state index in [4.69, 9.17) is 9.47 Å². The lowest BCUT2D eigenvalue weighted by Gasteiger charge is -2.21. The molecule has 0 saturated heterocycles. The first-order valence-corrected chi connectivity index (χ1v) is 14.4. The van der Waals surface area contributed by atoms with Crippen molar-refractivity contribution in [1.82, 2.24) is 9.97 Å². The second-order valence-electron chi connectivity index (χ2n) is 10.7. The number of benzene rings is 2. The van der Waals surface area contributed by atoms with Crippen molar-refractivity contribution in [2.75, 3.05) is 37.0 Å². The molecule has 0 unspecified atom stereocenters. The van der Waals surface area contributed by atoms with E-state index in [2.05, 4.69) is 31.0 Å². The molecule has 2 aliphatic rings. The number of hydrogen-bond donors (Lipinski definition) is 2. The number of hydrogen-bond acceptors (Lipinski definition) is 11. The first-order valence-electron chi connectivity index (χ1n) is 14.4. The van der Waals surface area contributed by atoms with Crippen LogP contribution in [0.25, 0.3) is 0 Å². The van der Waals surface area contributed by atoms with Crippen LogP contribution in [-0.4, -0.2) is 54.2 Å². The Morgan fingerprint density at radius 3 is 1.48 bits per heavy atom. The molecule has 0 fully saturated rings. The lowest BCUT2D eigenvalue weighted by Crippen LogP contribution is -2.21. The summed E-state index contributed by atoms with van der Waals surface area (Å²) < 4.78 is 10.9. The summed E-state index contributed by atoms with van der Waals surface area (Å²) >= 11 is 0. The summed E-state index contributed by atoms with van der Waals surface area (Å²) in [5, 5.41) is 9.08. The Bertz CT molecular complexity index is 1870. The van der Waals surface area contributed by atoms with E-state index < -0.39 is 0 Å². The Morgan fingerprint density at radius 2 is 1.07 bits per heavy atom. The summed E-state index contributed by atoms with van der Waals surface area (Å²) in [6.45, 7) is 3.96. The Morgan fingerprint density at radius 1 is 0.630 bits per heavy atom. The number of aromatic nitrogens is 2. The smallest absolute Gasteiger partial charge is 0.205 e. The minimum Gasteiger partial charge on any atom is -0.495 e. The van der Waals surface area contributed by atoms with Gasteiger partial charge in [-0.25, -0.2) is 9.97 Å². The molecule has 46 heavy (non-hydrogen) atoms. The monoisotopic (exact) mass is 613 g/mol. The third kappa shape index (κ3) is 5.85. The normalized spacial score (nSPS) is 15.1. The number of carbonyl (C=O) groups is 2. The van der Waals surface area contributed by atoms with Crippen LogP contribution in [0.2, 0.25) is 0 Å². The van der Waals surface area contributed by atoms with E-state index in [1.807, 2.05) is 50.2 Å². The van der Waals surface area contributed by atoms with Crippen molar-refractivity contribution >= 4 is 46.0 Å². The molecule has 2 N–H and O–H groups in total. The highest BCUT2D eigenvalue weighted by Gasteiger charge is 2.24. The van der Waals surface area contributed by atoms with Gasteiger partial charge in [0.15, 0.2) is 0 Å². The second-order valence-corrected chi connectivity index (χ2v) is 10.7. The molecule has 0 atom stereocenters. The molecular weight excluding hydrogens is 582 g/mol. The topological polar surface area (TPSA) is 130 Å². The van der Waals surface area contributed by atoms with Gasteiger partial charge < -0.3 is 14.4 Å². The van der Waals surface area contributed by atoms with E-state index in [0.717, 1.165) is 11.1 Å². The van der Waals surface area contributed by atoms with Gasteiger partial charge in [-0.3, -0.25) is 20.4 Å². The zero-order valence-corrected chi connectivity index (χ0v) is 26.0. The number of nitrogens with one attached hydrogen (secondary N) is 2. The molecule has 2 aliphatic carbocycles. The minimum absolute atomic E-state index is 0.241. The van der Waals surface area contributed by atoms with Crippen LogP contribution < -0.4 is 25.2 Å². The Hall–Kier alpha value is -6.10. The van der Waals surface area contributed by atoms with Gasteiger partial charge in [-0.15, -0.1) is 0 Å². The molecule has 0 amide bonds. The van der Waals surface area contributed by atoms with Crippen LogP contribution in [0.1, 0.15) is 43.2 Å². The van der Waals surface area contributed by atoms with E-state index in [0.29, 0.717) is 57.1 Å². The maximum absolute atomic E-state index is 12.9. The number of fused-ring (bicyclic) bond motifs is 2. The summed E-state index contributed by atoms with van der Waals surface area (Å²) in [6.07, 6.45) is 6.18. The number of hydrazone groups is 2. The van der Waals surface area contributed by atoms with Crippen LogP contribution in [0.3, 0.4) is 0 Å². The molecule has 11 nitrogen and oxygen atoms in total. The standard InChI is InChI=1S/C35H31N7O4/c1-20-6-14-30(45-4)26(18-20)40-38-24-10-12-28(43)34-22(24)8-16-32(36-34)42(3)33-17-9-23-25(11-13-29(44)35(23)37-33)39-41-27-19-21(2)7-15-31(27)46-5/h6-19,40-41H,1-5H3/b38-24-,39-25-. The van der Waals surface area contributed by atoms with E-state index in [1.165, 1.54) is 12.2 Å². The van der Waals surface area contributed by atoms with Gasteiger partial charge in [-0.1, -0.05) is 12.1 Å². The van der Waals surface area contributed by atoms with Crippen molar-refractivity contribution in [3.63, 3.8) is 0 Å². The maximum atomic E-state index is 12.9. The zero-order chi connectivity index (χ0) is 32.4. The number of methoxy groups -OCH3 is 2. The van der Waals surface area contributed by atoms with Crippen LogP contribution in [0.5, 0.6) is 11.5 Å². The Balaban J connectivity index is 1.27. The molecule has 4 aromatic rings.